The molecular weight excluding hydrogens is 352 g/mol. The van der Waals surface area contributed by atoms with Crippen LogP contribution in [-0.2, 0) is 12.8 Å². The number of anilines is 1. The Kier molecular flexibility index (Phi) is 5.89. The van der Waals surface area contributed by atoms with Crippen molar-refractivity contribution in [1.82, 2.24) is 14.9 Å². The van der Waals surface area contributed by atoms with E-state index in [0.29, 0.717) is 47.5 Å². The number of fused-ring (bicyclic) bond motifs is 1. The van der Waals surface area contributed by atoms with E-state index in [-0.39, 0.29) is 11.6 Å². The summed E-state index contributed by atoms with van der Waals surface area (Å²) in [6, 6.07) is 12.6. The Morgan fingerprint density at radius 2 is 2.00 bits per heavy atom. The molecule has 0 fully saturated rings. The van der Waals surface area contributed by atoms with Crippen LogP contribution in [0.5, 0.6) is 0 Å². The molecular formula is C22H24N4O2. The van der Waals surface area contributed by atoms with E-state index in [9.17, 15) is 9.59 Å². The third kappa shape index (κ3) is 3.81. The molecule has 0 radical (unpaired) electrons. The van der Waals surface area contributed by atoms with Gasteiger partial charge in [0.1, 0.15) is 5.82 Å². The molecule has 3 aromatic rings. The Labute approximate surface area is 163 Å². The molecule has 2 amide bonds. The van der Waals surface area contributed by atoms with Crippen LogP contribution < -0.4 is 16.2 Å². The van der Waals surface area contributed by atoms with Gasteiger partial charge >= 0.3 is 6.03 Å². The molecule has 2 aromatic carbocycles. The molecule has 0 aliphatic carbocycles. The molecule has 6 nitrogen and oxygen atoms in total. The van der Waals surface area contributed by atoms with E-state index >= 15 is 0 Å². The molecule has 0 unspecified atom stereocenters. The van der Waals surface area contributed by atoms with Gasteiger partial charge in [0.15, 0.2) is 0 Å². The Hall–Kier alpha value is -3.41. The molecule has 1 heterocycles. The summed E-state index contributed by atoms with van der Waals surface area (Å²) in [5.74, 6) is 0.670. The van der Waals surface area contributed by atoms with Gasteiger partial charge in [0.05, 0.1) is 16.6 Å². The van der Waals surface area contributed by atoms with E-state index in [1.807, 2.05) is 44.2 Å². The molecule has 144 valence electrons. The van der Waals surface area contributed by atoms with Gasteiger partial charge in [0.25, 0.3) is 5.56 Å². The van der Waals surface area contributed by atoms with Gasteiger partial charge in [0, 0.05) is 18.7 Å². The molecule has 0 aliphatic rings. The lowest BCUT2D eigenvalue weighted by molar-refractivity contribution is 0.252. The standard InChI is InChI=1S/C22H24N4O2/c1-4-9-15-10-7-13-18-20(15)21(27)26(19(5-2)25-18)17-12-8-11-16(14-17)24-22(28)23-6-3/h4,7-8,10-14H,1,5-6,9H2,2-3H3,(H2,23,24,28). The number of rotatable bonds is 6. The second-order valence-electron chi connectivity index (χ2n) is 6.36. The van der Waals surface area contributed by atoms with Crippen LogP contribution in [0.4, 0.5) is 10.5 Å². The van der Waals surface area contributed by atoms with Gasteiger partial charge in [-0.2, -0.15) is 0 Å². The van der Waals surface area contributed by atoms with Gasteiger partial charge in [-0.3, -0.25) is 9.36 Å². The first kappa shape index (κ1) is 19.4. The average Bonchev–Trinajstić information content (AvgIpc) is 2.68. The van der Waals surface area contributed by atoms with E-state index in [4.69, 9.17) is 4.98 Å². The fourth-order valence-corrected chi connectivity index (χ4v) is 3.23. The second-order valence-corrected chi connectivity index (χ2v) is 6.36. The van der Waals surface area contributed by atoms with Gasteiger partial charge in [-0.05, 0) is 43.2 Å². The van der Waals surface area contributed by atoms with Gasteiger partial charge < -0.3 is 10.6 Å². The van der Waals surface area contributed by atoms with E-state index in [0.717, 1.165) is 5.56 Å². The third-order valence-corrected chi connectivity index (χ3v) is 4.43. The molecule has 0 atom stereocenters. The van der Waals surface area contributed by atoms with Crippen LogP contribution in [0.15, 0.2) is 59.9 Å². The summed E-state index contributed by atoms with van der Waals surface area (Å²) in [6.07, 6.45) is 2.98. The predicted molar refractivity (Wildman–Crippen MR) is 113 cm³/mol. The van der Waals surface area contributed by atoms with Gasteiger partial charge in [-0.15, -0.1) is 6.58 Å². The number of aryl methyl sites for hydroxylation is 1. The fourth-order valence-electron chi connectivity index (χ4n) is 3.23. The molecule has 2 N–H and O–H groups in total. The maximum atomic E-state index is 13.4. The van der Waals surface area contributed by atoms with E-state index < -0.39 is 0 Å². The number of benzene rings is 2. The van der Waals surface area contributed by atoms with Crippen LogP contribution in [0, 0.1) is 0 Å². The van der Waals surface area contributed by atoms with E-state index in [1.54, 1.807) is 22.8 Å². The van der Waals surface area contributed by atoms with E-state index in [2.05, 4.69) is 17.2 Å². The third-order valence-electron chi connectivity index (χ3n) is 4.43. The SMILES string of the molecule is C=CCc1cccc2nc(CC)n(-c3cccc(NC(=O)NCC)c3)c(=O)c12. The monoisotopic (exact) mass is 376 g/mol. The molecule has 0 aliphatic heterocycles. The quantitative estimate of drug-likeness (QED) is 0.642. The summed E-state index contributed by atoms with van der Waals surface area (Å²) in [5, 5.41) is 6.07. The highest BCUT2D eigenvalue weighted by atomic mass is 16.2. The fraction of sp³-hybridized carbons (Fsp3) is 0.227. The lowest BCUT2D eigenvalue weighted by Crippen LogP contribution is -2.28. The zero-order chi connectivity index (χ0) is 20.1. The first-order chi connectivity index (χ1) is 13.6. The average molecular weight is 376 g/mol. The van der Waals surface area contributed by atoms with Crippen LogP contribution >= 0.6 is 0 Å². The minimum Gasteiger partial charge on any atom is -0.338 e. The minimum absolute atomic E-state index is 0.116. The molecule has 0 saturated carbocycles. The van der Waals surface area contributed by atoms with Gasteiger partial charge in [-0.1, -0.05) is 31.2 Å². The molecule has 0 bridgehead atoms. The number of carbonyl (C=O) groups excluding carboxylic acids is 1. The predicted octanol–water partition coefficient (Wildman–Crippen LogP) is 3.82. The molecule has 3 rings (SSSR count). The van der Waals surface area contributed by atoms with Gasteiger partial charge in [0.2, 0.25) is 0 Å². The second kappa shape index (κ2) is 8.52. The number of nitrogens with one attached hydrogen (secondary N) is 2. The van der Waals surface area contributed by atoms with Crippen molar-refractivity contribution in [2.24, 2.45) is 0 Å². The molecule has 0 spiro atoms. The van der Waals surface area contributed by atoms with Crippen molar-refractivity contribution in [1.29, 1.82) is 0 Å². The highest BCUT2D eigenvalue weighted by Gasteiger charge is 2.14. The summed E-state index contributed by atoms with van der Waals surface area (Å²) in [4.78, 5) is 30.0. The highest BCUT2D eigenvalue weighted by Crippen LogP contribution is 2.19. The summed E-state index contributed by atoms with van der Waals surface area (Å²) in [5.41, 5.74) is 2.75. The van der Waals surface area contributed by atoms with Crippen LogP contribution in [0.1, 0.15) is 25.2 Å². The van der Waals surface area contributed by atoms with Crippen molar-refractivity contribution in [3.05, 3.63) is 76.9 Å². The number of carbonyl (C=O) groups is 1. The number of nitrogens with zero attached hydrogens (tertiary/aromatic N) is 2. The van der Waals surface area contributed by atoms with Crippen molar-refractivity contribution in [2.75, 3.05) is 11.9 Å². The summed E-state index contributed by atoms with van der Waals surface area (Å²) < 4.78 is 1.62. The summed E-state index contributed by atoms with van der Waals surface area (Å²) in [7, 11) is 0. The van der Waals surface area contributed by atoms with Crippen molar-refractivity contribution in [3.8, 4) is 5.69 Å². The van der Waals surface area contributed by atoms with Crippen LogP contribution in [0.25, 0.3) is 16.6 Å². The molecule has 6 heteroatoms. The Morgan fingerprint density at radius 3 is 2.71 bits per heavy atom. The number of urea groups is 1. The van der Waals surface area contributed by atoms with Gasteiger partial charge in [-0.25, -0.2) is 9.78 Å². The van der Waals surface area contributed by atoms with Crippen LogP contribution in [-0.4, -0.2) is 22.1 Å². The van der Waals surface area contributed by atoms with Crippen LogP contribution in [0.3, 0.4) is 0 Å². The first-order valence-corrected chi connectivity index (χ1v) is 9.38. The number of hydrogen-bond acceptors (Lipinski definition) is 3. The summed E-state index contributed by atoms with van der Waals surface area (Å²) in [6.45, 7) is 8.14. The molecule has 0 saturated heterocycles. The zero-order valence-corrected chi connectivity index (χ0v) is 16.2. The largest absolute Gasteiger partial charge is 0.338 e. The summed E-state index contributed by atoms with van der Waals surface area (Å²) >= 11 is 0. The van der Waals surface area contributed by atoms with Crippen molar-refractivity contribution in [2.45, 2.75) is 26.7 Å². The van der Waals surface area contributed by atoms with E-state index in [1.165, 1.54) is 0 Å². The topological polar surface area (TPSA) is 76.0 Å². The molecule has 1 aromatic heterocycles. The van der Waals surface area contributed by atoms with Crippen molar-refractivity contribution in [3.63, 3.8) is 0 Å². The lowest BCUT2D eigenvalue weighted by Gasteiger charge is -2.15. The number of allylic oxidation sites excluding steroid dienone is 1. The Morgan fingerprint density at radius 1 is 1.21 bits per heavy atom. The number of hydrogen-bond donors (Lipinski definition) is 2. The Bertz CT molecular complexity index is 1090. The maximum Gasteiger partial charge on any atom is 0.319 e. The smallest absolute Gasteiger partial charge is 0.319 e. The first-order valence-electron chi connectivity index (χ1n) is 9.38. The van der Waals surface area contributed by atoms with Crippen molar-refractivity contribution >= 4 is 22.6 Å². The van der Waals surface area contributed by atoms with Crippen molar-refractivity contribution < 1.29 is 4.79 Å². The lowest BCUT2D eigenvalue weighted by atomic mass is 10.1. The van der Waals surface area contributed by atoms with Crippen LogP contribution in [0.2, 0.25) is 0 Å². The molecule has 28 heavy (non-hydrogen) atoms. The number of aromatic nitrogens is 2. The zero-order valence-electron chi connectivity index (χ0n) is 16.2. The normalized spacial score (nSPS) is 10.6. The Balaban J connectivity index is 2.18. The maximum absolute atomic E-state index is 13.4. The minimum atomic E-state index is -0.285. The highest BCUT2D eigenvalue weighted by molar-refractivity contribution is 5.89. The number of amides is 2.